The molecule has 0 aromatic carbocycles. The third-order valence-corrected chi connectivity index (χ3v) is 6.70. The van der Waals surface area contributed by atoms with Crippen LogP contribution in [0.25, 0.3) is 0 Å². The molecule has 8 heteroatoms. The summed E-state index contributed by atoms with van der Waals surface area (Å²) in [5.74, 6) is 0. The molecule has 0 aromatic rings. The minimum atomic E-state index is -5.27. The zero-order chi connectivity index (χ0) is 25.1. The van der Waals surface area contributed by atoms with Gasteiger partial charge >= 0.3 is 12.4 Å². The van der Waals surface area contributed by atoms with Crippen molar-refractivity contribution < 1.29 is 26.3 Å². The second-order valence-electron chi connectivity index (χ2n) is 9.52. The third kappa shape index (κ3) is 14.5. The van der Waals surface area contributed by atoms with Gasteiger partial charge in [0.2, 0.25) is 0 Å². The van der Waals surface area contributed by atoms with Crippen LogP contribution in [0.5, 0.6) is 0 Å². The Labute approximate surface area is 197 Å². The Morgan fingerprint density at radius 3 is 0.758 bits per heavy atom. The molecule has 0 aliphatic rings. The molecule has 0 radical (unpaired) electrons. The Morgan fingerprint density at radius 2 is 0.545 bits per heavy atom. The molecule has 0 saturated heterocycles. The maximum Gasteiger partial charge on any atom is 0.403 e. The van der Waals surface area contributed by atoms with E-state index >= 15 is 0 Å². The third-order valence-electron chi connectivity index (χ3n) is 6.70. The van der Waals surface area contributed by atoms with Crippen LogP contribution >= 0.6 is 0 Å². The Hall–Kier alpha value is -0.500. The zero-order valence-corrected chi connectivity index (χ0v) is 20.5. The predicted molar refractivity (Wildman–Crippen MR) is 125 cm³/mol. The molecule has 0 rings (SSSR count). The Morgan fingerprint density at radius 1 is 0.333 bits per heavy atom. The quantitative estimate of drug-likeness (QED) is 0.118. The molecule has 0 spiro atoms. The lowest BCUT2D eigenvalue weighted by Crippen LogP contribution is -2.50. The van der Waals surface area contributed by atoms with Crippen molar-refractivity contribution in [2.24, 2.45) is 16.9 Å². The highest BCUT2D eigenvalue weighted by atomic mass is 19.4. The van der Waals surface area contributed by atoms with Gasteiger partial charge in [0.1, 0.15) is 0 Å². The number of unbranched alkanes of at least 4 members (excludes halogenated alkanes) is 16. The summed E-state index contributed by atoms with van der Waals surface area (Å²) in [5.41, 5.74) is 7.30. The van der Waals surface area contributed by atoms with E-state index in [9.17, 15) is 26.3 Å². The lowest BCUT2D eigenvalue weighted by atomic mass is 9.76. The van der Waals surface area contributed by atoms with Gasteiger partial charge in [-0.05, 0) is 38.8 Å². The van der Waals surface area contributed by atoms with E-state index in [2.05, 4.69) is 0 Å². The summed E-state index contributed by atoms with van der Waals surface area (Å²) in [6.45, 7) is 1.35. The summed E-state index contributed by atoms with van der Waals surface area (Å²) in [6, 6.07) is 0. The van der Waals surface area contributed by atoms with Gasteiger partial charge in [-0.15, -0.1) is 0 Å². The standard InChI is InChI=1S/C25H48F6N2/c26-24(27,28)23(25(29,30)31,19-15-11-7-3-1-5-9-13-17-21-32)20-16-12-8-4-2-6-10-14-18-22-33/h1-22,32-33H2. The smallest absolute Gasteiger partial charge is 0.330 e. The normalized spacial score (nSPS) is 13.1. The van der Waals surface area contributed by atoms with Crippen LogP contribution in [0.4, 0.5) is 26.3 Å². The van der Waals surface area contributed by atoms with Gasteiger partial charge < -0.3 is 11.5 Å². The van der Waals surface area contributed by atoms with Crippen molar-refractivity contribution in [1.82, 2.24) is 0 Å². The average Bonchev–Trinajstić information content (AvgIpc) is 2.73. The fraction of sp³-hybridized carbons (Fsp3) is 1.00. The summed E-state index contributed by atoms with van der Waals surface area (Å²) in [6.07, 6.45) is 1.97. The van der Waals surface area contributed by atoms with Crippen molar-refractivity contribution in [3.63, 3.8) is 0 Å². The molecule has 0 fully saturated rings. The van der Waals surface area contributed by atoms with Gasteiger partial charge in [-0.3, -0.25) is 0 Å². The molecule has 0 saturated carbocycles. The van der Waals surface area contributed by atoms with Crippen LogP contribution in [0.15, 0.2) is 0 Å². The number of nitrogens with two attached hydrogens (primary N) is 2. The number of rotatable bonds is 22. The van der Waals surface area contributed by atoms with Crippen molar-refractivity contribution in [1.29, 1.82) is 0 Å². The number of halogens is 6. The highest BCUT2D eigenvalue weighted by molar-refractivity contribution is 4.93. The van der Waals surface area contributed by atoms with E-state index in [0.29, 0.717) is 38.8 Å². The largest absolute Gasteiger partial charge is 0.403 e. The van der Waals surface area contributed by atoms with Gasteiger partial charge in [-0.1, -0.05) is 103 Å². The van der Waals surface area contributed by atoms with Crippen molar-refractivity contribution in [2.45, 2.75) is 141 Å². The maximum atomic E-state index is 13.7. The fourth-order valence-corrected chi connectivity index (χ4v) is 4.47. The lowest BCUT2D eigenvalue weighted by molar-refractivity contribution is -0.346. The molecule has 0 bridgehead atoms. The molecule has 2 nitrogen and oxygen atoms in total. The number of hydrogen-bond acceptors (Lipinski definition) is 2. The average molecular weight is 491 g/mol. The van der Waals surface area contributed by atoms with Crippen LogP contribution in [0, 0.1) is 5.41 Å². The van der Waals surface area contributed by atoms with E-state index in [1.807, 2.05) is 0 Å². The molecule has 33 heavy (non-hydrogen) atoms. The lowest BCUT2D eigenvalue weighted by Gasteiger charge is -2.37. The summed E-state index contributed by atoms with van der Waals surface area (Å²) in [4.78, 5) is 0. The van der Waals surface area contributed by atoms with Crippen LogP contribution in [0.3, 0.4) is 0 Å². The number of alkyl halides is 6. The van der Waals surface area contributed by atoms with E-state index in [-0.39, 0.29) is 12.8 Å². The second kappa shape index (κ2) is 18.8. The maximum absolute atomic E-state index is 13.7. The molecule has 0 aromatic heterocycles. The van der Waals surface area contributed by atoms with E-state index in [0.717, 1.165) is 77.0 Å². The van der Waals surface area contributed by atoms with Crippen molar-refractivity contribution in [3.8, 4) is 0 Å². The van der Waals surface area contributed by atoms with Gasteiger partial charge in [0.25, 0.3) is 0 Å². The predicted octanol–water partition coefficient (Wildman–Crippen LogP) is 8.82. The molecule has 200 valence electrons. The highest BCUT2D eigenvalue weighted by Gasteiger charge is 2.69. The number of hydrogen-bond donors (Lipinski definition) is 2. The van der Waals surface area contributed by atoms with Gasteiger partial charge in [0.05, 0.1) is 0 Å². The first kappa shape index (κ1) is 32.5. The Kier molecular flexibility index (Phi) is 18.5. The van der Waals surface area contributed by atoms with Gasteiger partial charge in [0, 0.05) is 0 Å². The first-order valence-corrected chi connectivity index (χ1v) is 13.2. The first-order chi connectivity index (χ1) is 15.6. The zero-order valence-electron chi connectivity index (χ0n) is 20.5. The van der Waals surface area contributed by atoms with Gasteiger partial charge in [-0.2, -0.15) is 26.3 Å². The van der Waals surface area contributed by atoms with Crippen molar-refractivity contribution >= 4 is 0 Å². The van der Waals surface area contributed by atoms with Crippen LogP contribution in [-0.4, -0.2) is 25.4 Å². The Bertz CT molecular complexity index is 398. The second-order valence-corrected chi connectivity index (χ2v) is 9.52. The minimum absolute atomic E-state index is 0.0327. The summed E-state index contributed by atoms with van der Waals surface area (Å²) >= 11 is 0. The van der Waals surface area contributed by atoms with Gasteiger partial charge in [0.15, 0.2) is 5.41 Å². The molecule has 0 amide bonds. The monoisotopic (exact) mass is 490 g/mol. The van der Waals surface area contributed by atoms with E-state index in [1.54, 1.807) is 0 Å². The van der Waals surface area contributed by atoms with Crippen LogP contribution in [0.2, 0.25) is 0 Å². The van der Waals surface area contributed by atoms with E-state index < -0.39 is 30.6 Å². The van der Waals surface area contributed by atoms with E-state index in [1.165, 1.54) is 0 Å². The highest BCUT2D eigenvalue weighted by Crippen LogP contribution is 2.56. The molecule has 0 aliphatic carbocycles. The van der Waals surface area contributed by atoms with Crippen LogP contribution in [-0.2, 0) is 0 Å². The SMILES string of the molecule is NCCCCCCCCCCCC(CCCCCCCCCCCN)(C(F)(F)F)C(F)(F)F. The molecule has 4 N–H and O–H groups in total. The van der Waals surface area contributed by atoms with E-state index in [4.69, 9.17) is 11.5 Å². The molecule has 0 heterocycles. The summed E-state index contributed by atoms with van der Waals surface area (Å²) < 4.78 is 82.1. The molecular weight excluding hydrogens is 442 g/mol. The van der Waals surface area contributed by atoms with Crippen LogP contribution < -0.4 is 11.5 Å². The first-order valence-electron chi connectivity index (χ1n) is 13.2. The van der Waals surface area contributed by atoms with Crippen molar-refractivity contribution in [2.75, 3.05) is 13.1 Å². The van der Waals surface area contributed by atoms with Crippen molar-refractivity contribution in [3.05, 3.63) is 0 Å². The molecule has 0 aliphatic heterocycles. The van der Waals surface area contributed by atoms with Crippen LogP contribution in [0.1, 0.15) is 128 Å². The molecular formula is C25H48F6N2. The Balaban J connectivity index is 4.36. The minimum Gasteiger partial charge on any atom is -0.330 e. The topological polar surface area (TPSA) is 52.0 Å². The summed E-state index contributed by atoms with van der Waals surface area (Å²) in [5, 5.41) is 0. The van der Waals surface area contributed by atoms with Gasteiger partial charge in [-0.25, -0.2) is 0 Å². The summed E-state index contributed by atoms with van der Waals surface area (Å²) in [7, 11) is 0. The fourth-order valence-electron chi connectivity index (χ4n) is 4.47. The molecule has 0 atom stereocenters. The molecule has 0 unspecified atom stereocenters.